The van der Waals surface area contributed by atoms with Gasteiger partial charge in [-0.25, -0.2) is 4.99 Å². The first kappa shape index (κ1) is 19.5. The summed E-state index contributed by atoms with van der Waals surface area (Å²) in [6, 6.07) is 6.16. The third-order valence-corrected chi connectivity index (χ3v) is 3.79. The second kappa shape index (κ2) is 9.55. The molecule has 2 N–H and O–H groups in total. The number of aliphatic imine (C=N–C) groups is 1. The molecule has 5 nitrogen and oxygen atoms in total. The summed E-state index contributed by atoms with van der Waals surface area (Å²) in [7, 11) is 3.49. The van der Waals surface area contributed by atoms with E-state index in [-0.39, 0.29) is 12.5 Å². The number of rotatable bonds is 6. The number of hydrogen-bond donors (Lipinski definition) is 2. The van der Waals surface area contributed by atoms with Gasteiger partial charge in [0, 0.05) is 25.1 Å². The van der Waals surface area contributed by atoms with Crippen LogP contribution in [0.2, 0.25) is 0 Å². The molecule has 0 fully saturated rings. The second-order valence-electron chi connectivity index (χ2n) is 6.15. The van der Waals surface area contributed by atoms with E-state index in [2.05, 4.69) is 64.5 Å². The molecule has 1 amide bonds. The summed E-state index contributed by atoms with van der Waals surface area (Å²) >= 11 is 3.47. The number of amides is 1. The summed E-state index contributed by atoms with van der Waals surface area (Å²) < 4.78 is 1.07. The lowest BCUT2D eigenvalue weighted by atomic mass is 10.1. The van der Waals surface area contributed by atoms with Crippen molar-refractivity contribution in [2.45, 2.75) is 27.3 Å². The van der Waals surface area contributed by atoms with Gasteiger partial charge in [-0.05, 0) is 36.1 Å². The minimum Gasteiger partial charge on any atom is -0.356 e. The van der Waals surface area contributed by atoms with Gasteiger partial charge in [0.25, 0.3) is 0 Å². The number of nitrogens with zero attached hydrogens (tertiary/aromatic N) is 2. The number of carbonyl (C=O) groups is 1. The van der Waals surface area contributed by atoms with Gasteiger partial charge in [-0.1, -0.05) is 35.8 Å². The van der Waals surface area contributed by atoms with Crippen molar-refractivity contribution in [2.75, 3.05) is 27.2 Å². The van der Waals surface area contributed by atoms with Gasteiger partial charge in [0.15, 0.2) is 5.96 Å². The normalized spacial score (nSPS) is 11.5. The van der Waals surface area contributed by atoms with Crippen LogP contribution in [0.5, 0.6) is 0 Å². The van der Waals surface area contributed by atoms with Gasteiger partial charge < -0.3 is 15.5 Å². The maximum Gasteiger partial charge on any atom is 0.241 e. The van der Waals surface area contributed by atoms with Crippen molar-refractivity contribution in [2.24, 2.45) is 10.9 Å². The fourth-order valence-electron chi connectivity index (χ4n) is 1.79. The maximum absolute atomic E-state index is 11.7. The highest BCUT2D eigenvalue weighted by Crippen LogP contribution is 2.16. The van der Waals surface area contributed by atoms with Crippen LogP contribution in [0.3, 0.4) is 0 Å². The van der Waals surface area contributed by atoms with Crippen molar-refractivity contribution in [3.05, 3.63) is 33.8 Å². The molecule has 1 aromatic carbocycles. The molecule has 0 saturated heterocycles. The number of carbonyl (C=O) groups excluding carboxylic acids is 1. The first-order chi connectivity index (χ1) is 10.8. The highest BCUT2D eigenvalue weighted by atomic mass is 79.9. The van der Waals surface area contributed by atoms with E-state index in [1.54, 1.807) is 19.0 Å². The summed E-state index contributed by atoms with van der Waals surface area (Å²) in [6.07, 6.45) is 0. The topological polar surface area (TPSA) is 56.7 Å². The molecule has 1 aromatic rings. The van der Waals surface area contributed by atoms with Crippen LogP contribution in [0.4, 0.5) is 0 Å². The van der Waals surface area contributed by atoms with Crippen molar-refractivity contribution >= 4 is 27.8 Å². The molecule has 6 heteroatoms. The molecule has 0 unspecified atom stereocenters. The lowest BCUT2D eigenvalue weighted by Gasteiger charge is -2.16. The average molecular weight is 383 g/mol. The fourth-order valence-corrected chi connectivity index (χ4v) is 2.27. The van der Waals surface area contributed by atoms with Crippen LogP contribution in [-0.4, -0.2) is 44.0 Å². The lowest BCUT2D eigenvalue weighted by Crippen LogP contribution is -2.44. The van der Waals surface area contributed by atoms with E-state index in [9.17, 15) is 4.79 Å². The van der Waals surface area contributed by atoms with Gasteiger partial charge in [0.2, 0.25) is 5.91 Å². The van der Waals surface area contributed by atoms with Crippen LogP contribution in [0.15, 0.2) is 27.7 Å². The Labute approximate surface area is 147 Å². The Hall–Kier alpha value is -1.56. The Morgan fingerprint density at radius 1 is 1.30 bits per heavy atom. The quantitative estimate of drug-likeness (QED) is 0.586. The predicted octanol–water partition coefficient (Wildman–Crippen LogP) is 2.54. The van der Waals surface area contributed by atoms with E-state index in [4.69, 9.17) is 0 Å². The van der Waals surface area contributed by atoms with Crippen LogP contribution in [0.1, 0.15) is 25.0 Å². The fraction of sp³-hybridized carbons (Fsp3) is 0.529. The zero-order valence-corrected chi connectivity index (χ0v) is 16.2. The number of guanidine groups is 1. The molecule has 1 rings (SSSR count). The summed E-state index contributed by atoms with van der Waals surface area (Å²) in [6.45, 7) is 7.95. The maximum atomic E-state index is 11.7. The Morgan fingerprint density at radius 2 is 2.00 bits per heavy atom. The molecular weight excluding hydrogens is 356 g/mol. The first-order valence-corrected chi connectivity index (χ1v) is 8.56. The molecule has 0 bridgehead atoms. The molecule has 0 aliphatic heterocycles. The molecule has 128 valence electrons. The van der Waals surface area contributed by atoms with Crippen molar-refractivity contribution < 1.29 is 4.79 Å². The van der Waals surface area contributed by atoms with E-state index in [1.807, 2.05) is 6.07 Å². The monoisotopic (exact) mass is 382 g/mol. The molecule has 0 aliphatic rings. The number of nitrogens with one attached hydrogen (secondary N) is 2. The molecule has 0 atom stereocenters. The van der Waals surface area contributed by atoms with Crippen LogP contribution >= 0.6 is 15.9 Å². The minimum absolute atomic E-state index is 0.0175. The van der Waals surface area contributed by atoms with Crippen LogP contribution in [0.25, 0.3) is 0 Å². The van der Waals surface area contributed by atoms with Gasteiger partial charge in [-0.2, -0.15) is 0 Å². The Bertz CT molecular complexity index is 556. The van der Waals surface area contributed by atoms with E-state index < -0.39 is 0 Å². The van der Waals surface area contributed by atoms with E-state index in [0.717, 1.165) is 16.6 Å². The van der Waals surface area contributed by atoms with Gasteiger partial charge in [-0.3, -0.25) is 4.79 Å². The zero-order valence-electron chi connectivity index (χ0n) is 14.6. The van der Waals surface area contributed by atoms with E-state index in [0.29, 0.717) is 18.4 Å². The second-order valence-corrected chi connectivity index (χ2v) is 7.07. The lowest BCUT2D eigenvalue weighted by molar-refractivity contribution is -0.127. The SMILES string of the molecule is Cc1cc(Br)ccc1CN=C(NCC(=O)N(C)C)NCC(C)C. The Morgan fingerprint density at radius 3 is 2.57 bits per heavy atom. The molecule has 0 heterocycles. The number of aryl methyl sites for hydroxylation is 1. The first-order valence-electron chi connectivity index (χ1n) is 7.77. The molecule has 0 radical (unpaired) electrons. The molecule has 0 saturated carbocycles. The molecule has 23 heavy (non-hydrogen) atoms. The number of halogens is 1. The predicted molar refractivity (Wildman–Crippen MR) is 99.6 cm³/mol. The Kier molecular flexibility index (Phi) is 8.09. The summed E-state index contributed by atoms with van der Waals surface area (Å²) in [5.74, 6) is 1.18. The molecule has 0 aromatic heterocycles. The standard InChI is InChI=1S/C17H27BrN4O/c1-12(2)9-19-17(21-11-16(23)22(4)5)20-10-14-6-7-15(18)8-13(14)3/h6-8,12H,9-11H2,1-5H3,(H2,19,20,21). The summed E-state index contributed by atoms with van der Waals surface area (Å²) in [5, 5.41) is 6.37. The summed E-state index contributed by atoms with van der Waals surface area (Å²) in [4.78, 5) is 17.9. The van der Waals surface area contributed by atoms with Gasteiger partial charge >= 0.3 is 0 Å². The van der Waals surface area contributed by atoms with Gasteiger partial charge in [0.05, 0.1) is 13.1 Å². The van der Waals surface area contributed by atoms with E-state index >= 15 is 0 Å². The third-order valence-electron chi connectivity index (χ3n) is 3.30. The Balaban J connectivity index is 2.74. The minimum atomic E-state index is 0.0175. The van der Waals surface area contributed by atoms with Crippen molar-refractivity contribution in [1.82, 2.24) is 15.5 Å². The van der Waals surface area contributed by atoms with Crippen molar-refractivity contribution in [1.29, 1.82) is 0 Å². The summed E-state index contributed by atoms with van der Waals surface area (Å²) in [5.41, 5.74) is 2.36. The molecular formula is C17H27BrN4O. The zero-order chi connectivity index (χ0) is 17.4. The highest BCUT2D eigenvalue weighted by molar-refractivity contribution is 9.10. The largest absolute Gasteiger partial charge is 0.356 e. The number of benzene rings is 1. The molecule has 0 spiro atoms. The number of hydrogen-bond acceptors (Lipinski definition) is 2. The van der Waals surface area contributed by atoms with Crippen LogP contribution in [0, 0.1) is 12.8 Å². The van der Waals surface area contributed by atoms with Gasteiger partial charge in [-0.15, -0.1) is 0 Å². The number of likely N-dealkylation sites (N-methyl/N-ethyl adjacent to an activating group) is 1. The van der Waals surface area contributed by atoms with Crippen LogP contribution in [-0.2, 0) is 11.3 Å². The average Bonchev–Trinajstić information content (AvgIpc) is 2.47. The van der Waals surface area contributed by atoms with Crippen LogP contribution < -0.4 is 10.6 Å². The van der Waals surface area contributed by atoms with Crippen molar-refractivity contribution in [3.63, 3.8) is 0 Å². The van der Waals surface area contributed by atoms with Crippen molar-refractivity contribution in [3.8, 4) is 0 Å². The smallest absolute Gasteiger partial charge is 0.241 e. The highest BCUT2D eigenvalue weighted by Gasteiger charge is 2.07. The third kappa shape index (κ3) is 7.50. The van der Waals surface area contributed by atoms with E-state index in [1.165, 1.54) is 5.56 Å². The van der Waals surface area contributed by atoms with Gasteiger partial charge in [0.1, 0.15) is 0 Å². The molecule has 0 aliphatic carbocycles.